The Balaban J connectivity index is 0. The van der Waals surface area contributed by atoms with Gasteiger partial charge in [-0.05, 0) is 17.7 Å². The lowest BCUT2D eigenvalue weighted by Gasteiger charge is -1.98. The molecule has 0 saturated carbocycles. The van der Waals surface area contributed by atoms with Gasteiger partial charge in [0.25, 0.3) is 0 Å². The number of nitrogens with one attached hydrogen (secondary N) is 1. The molecule has 0 amide bonds. The average molecular weight is 346 g/mol. The molecule has 1 rings (SSSR count). The van der Waals surface area contributed by atoms with Crippen molar-refractivity contribution >= 4 is 50.9 Å². The molecule has 80 valence electrons. The summed E-state index contributed by atoms with van der Waals surface area (Å²) in [5.41, 5.74) is 5.97. The van der Waals surface area contributed by atoms with E-state index in [0.717, 1.165) is 5.56 Å². The third kappa shape index (κ3) is 6.39. The lowest BCUT2D eigenvalue weighted by molar-refractivity contribution is 0.626. The predicted octanol–water partition coefficient (Wildman–Crippen LogP) is 3.11. The maximum Gasteiger partial charge on any atom is 0.151 e. The number of amidine groups is 1. The largest absolute Gasteiger partial charge is 0.379 e. The summed E-state index contributed by atoms with van der Waals surface area (Å²) in [7, 11) is 0. The van der Waals surface area contributed by atoms with E-state index in [1.54, 1.807) is 12.1 Å². The highest BCUT2D eigenvalue weighted by Crippen LogP contribution is 2.12. The summed E-state index contributed by atoms with van der Waals surface area (Å²) in [6.07, 6.45) is 0. The zero-order chi connectivity index (χ0) is 8.97. The number of thioether (sulfide) groups is 1. The highest BCUT2D eigenvalue weighted by molar-refractivity contribution is 8.93. The minimum atomic E-state index is -0.253. The maximum absolute atomic E-state index is 12.6. The Bertz CT molecular complexity index is 296. The molecule has 0 atom stereocenters. The number of benzene rings is 1. The van der Waals surface area contributed by atoms with Crippen molar-refractivity contribution in [3.63, 3.8) is 0 Å². The number of rotatable bonds is 2. The van der Waals surface area contributed by atoms with Crippen LogP contribution in [0, 0.1) is 11.2 Å². The Hall–Kier alpha value is -0.0700. The second kappa shape index (κ2) is 8.26. The van der Waals surface area contributed by atoms with E-state index in [4.69, 9.17) is 11.1 Å². The third-order valence-corrected chi connectivity index (χ3v) is 2.07. The van der Waals surface area contributed by atoms with E-state index in [1.165, 1.54) is 23.9 Å². The monoisotopic (exact) mass is 344 g/mol. The molecule has 0 aliphatic rings. The minimum Gasteiger partial charge on any atom is -0.379 e. The van der Waals surface area contributed by atoms with E-state index in [2.05, 4.69) is 0 Å². The maximum atomic E-state index is 12.6. The zero-order valence-electron chi connectivity index (χ0n) is 7.20. The molecule has 1 aromatic rings. The van der Waals surface area contributed by atoms with E-state index >= 15 is 0 Å². The molecule has 6 heteroatoms. The minimum absolute atomic E-state index is 0. The lowest BCUT2D eigenvalue weighted by Crippen LogP contribution is -2.03. The smallest absolute Gasteiger partial charge is 0.151 e. The molecule has 3 N–H and O–H groups in total. The van der Waals surface area contributed by atoms with E-state index < -0.39 is 0 Å². The van der Waals surface area contributed by atoms with Crippen LogP contribution in [0.2, 0.25) is 0 Å². The van der Waals surface area contributed by atoms with Gasteiger partial charge in [0.05, 0.1) is 0 Å². The molecule has 0 heterocycles. The van der Waals surface area contributed by atoms with Gasteiger partial charge in [0, 0.05) is 5.75 Å². The van der Waals surface area contributed by atoms with Crippen LogP contribution in [0.4, 0.5) is 4.39 Å². The molecule has 0 fully saturated rings. The quantitative estimate of drug-likeness (QED) is 0.639. The van der Waals surface area contributed by atoms with Crippen molar-refractivity contribution in [1.29, 1.82) is 5.41 Å². The Morgan fingerprint density at radius 2 is 2.07 bits per heavy atom. The lowest BCUT2D eigenvalue weighted by atomic mass is 10.2. The van der Waals surface area contributed by atoms with Gasteiger partial charge >= 0.3 is 0 Å². The molecule has 0 radical (unpaired) electrons. The van der Waals surface area contributed by atoms with E-state index in [9.17, 15) is 4.39 Å². The molecule has 2 nitrogen and oxygen atoms in total. The van der Waals surface area contributed by atoms with Crippen LogP contribution < -0.4 is 5.73 Å². The van der Waals surface area contributed by atoms with Crippen LogP contribution in [-0.2, 0) is 5.75 Å². The molecule has 0 aliphatic carbocycles. The van der Waals surface area contributed by atoms with Gasteiger partial charge in [-0.1, -0.05) is 23.9 Å². The van der Waals surface area contributed by atoms with Crippen molar-refractivity contribution in [2.24, 2.45) is 5.73 Å². The molecule has 1 aromatic carbocycles. The normalized spacial score (nSPS) is 8.36. The van der Waals surface area contributed by atoms with Gasteiger partial charge in [0.15, 0.2) is 5.17 Å². The Labute approximate surface area is 108 Å². The van der Waals surface area contributed by atoms with Gasteiger partial charge in [-0.3, -0.25) is 5.41 Å². The first kappa shape index (κ1) is 16.4. The first-order valence-electron chi connectivity index (χ1n) is 3.40. The van der Waals surface area contributed by atoms with Crippen LogP contribution in [0.15, 0.2) is 24.3 Å². The third-order valence-electron chi connectivity index (χ3n) is 1.28. The zero-order valence-corrected chi connectivity index (χ0v) is 11.4. The SMILES string of the molecule is Br.Br.N=C(N)SCc1cccc(F)c1. The van der Waals surface area contributed by atoms with Crippen LogP contribution in [0.3, 0.4) is 0 Å². The van der Waals surface area contributed by atoms with Gasteiger partial charge in [-0.2, -0.15) is 0 Å². The van der Waals surface area contributed by atoms with Crippen molar-refractivity contribution < 1.29 is 4.39 Å². The molecule has 14 heavy (non-hydrogen) atoms. The van der Waals surface area contributed by atoms with E-state index in [1.807, 2.05) is 0 Å². The highest BCUT2D eigenvalue weighted by Gasteiger charge is 1.96. The Kier molecular flexibility index (Phi) is 9.65. The summed E-state index contributed by atoms with van der Waals surface area (Å²) in [5, 5.41) is 7.00. The first-order valence-corrected chi connectivity index (χ1v) is 4.38. The first-order chi connectivity index (χ1) is 5.68. The van der Waals surface area contributed by atoms with Crippen LogP contribution in [0.25, 0.3) is 0 Å². The van der Waals surface area contributed by atoms with Gasteiger partial charge < -0.3 is 5.73 Å². The van der Waals surface area contributed by atoms with Gasteiger partial charge in [0.2, 0.25) is 0 Å². The van der Waals surface area contributed by atoms with Gasteiger partial charge in [-0.15, -0.1) is 34.0 Å². The van der Waals surface area contributed by atoms with Crippen LogP contribution in [0.5, 0.6) is 0 Å². The molecule has 0 spiro atoms. The fourth-order valence-corrected chi connectivity index (χ4v) is 1.29. The summed E-state index contributed by atoms with van der Waals surface area (Å²) < 4.78 is 12.6. The molecule has 0 aromatic heterocycles. The molecule has 0 unspecified atom stereocenters. The Morgan fingerprint density at radius 3 is 2.57 bits per heavy atom. The van der Waals surface area contributed by atoms with Crippen molar-refractivity contribution in [2.75, 3.05) is 0 Å². The van der Waals surface area contributed by atoms with Crippen molar-refractivity contribution in [3.8, 4) is 0 Å². The Morgan fingerprint density at radius 1 is 1.43 bits per heavy atom. The summed E-state index contributed by atoms with van der Waals surface area (Å²) in [5.74, 6) is 0.296. The summed E-state index contributed by atoms with van der Waals surface area (Å²) >= 11 is 1.19. The number of hydrogen-bond acceptors (Lipinski definition) is 2. The topological polar surface area (TPSA) is 49.9 Å². The molecule has 0 aliphatic heterocycles. The van der Waals surface area contributed by atoms with Gasteiger partial charge in [0.1, 0.15) is 5.82 Å². The standard InChI is InChI=1S/C8H9FN2S.2BrH/c9-7-3-1-2-6(4-7)5-12-8(10)11;;/h1-4H,5H2,(H3,10,11);2*1H. The van der Waals surface area contributed by atoms with Crippen LogP contribution in [0.1, 0.15) is 5.56 Å². The summed E-state index contributed by atoms with van der Waals surface area (Å²) in [4.78, 5) is 0. The number of nitrogens with two attached hydrogens (primary N) is 1. The van der Waals surface area contributed by atoms with E-state index in [0.29, 0.717) is 5.75 Å². The molecule has 0 saturated heterocycles. The van der Waals surface area contributed by atoms with Crippen molar-refractivity contribution in [3.05, 3.63) is 35.6 Å². The molecule has 0 bridgehead atoms. The summed E-state index contributed by atoms with van der Waals surface area (Å²) in [6.45, 7) is 0. The predicted molar refractivity (Wildman–Crippen MR) is 70.3 cm³/mol. The second-order valence-electron chi connectivity index (χ2n) is 2.28. The van der Waals surface area contributed by atoms with Crippen molar-refractivity contribution in [2.45, 2.75) is 5.75 Å². The second-order valence-corrected chi connectivity index (χ2v) is 3.30. The highest BCUT2D eigenvalue weighted by atomic mass is 79.9. The number of hydrogen-bond donors (Lipinski definition) is 2. The average Bonchev–Trinajstić information content (AvgIpc) is 2.01. The van der Waals surface area contributed by atoms with E-state index in [-0.39, 0.29) is 44.9 Å². The fraction of sp³-hybridized carbons (Fsp3) is 0.125. The fourth-order valence-electron chi connectivity index (χ4n) is 0.788. The van der Waals surface area contributed by atoms with Crippen LogP contribution in [-0.4, -0.2) is 5.17 Å². The van der Waals surface area contributed by atoms with Crippen molar-refractivity contribution in [1.82, 2.24) is 0 Å². The van der Waals surface area contributed by atoms with Crippen LogP contribution >= 0.6 is 45.7 Å². The number of halogens is 3. The van der Waals surface area contributed by atoms with Gasteiger partial charge in [-0.25, -0.2) is 4.39 Å². The molecular weight excluding hydrogens is 335 g/mol. The molecular formula is C8H11Br2FN2S. The summed E-state index contributed by atoms with van der Waals surface area (Å²) in [6, 6.07) is 6.28.